The summed E-state index contributed by atoms with van der Waals surface area (Å²) >= 11 is 0. The second-order valence-electron chi connectivity index (χ2n) is 9.62. The van der Waals surface area contributed by atoms with Crippen molar-refractivity contribution < 1.29 is 50.8 Å². The number of hydrogen-bond donors (Lipinski definition) is 0. The first-order chi connectivity index (χ1) is 17.0. The molecule has 204 valence electrons. The van der Waals surface area contributed by atoms with Crippen LogP contribution in [0.1, 0.15) is 33.4 Å². The number of halogens is 6. The molecular weight excluding hydrogens is 506 g/mol. The summed E-state index contributed by atoms with van der Waals surface area (Å²) in [5.74, 6) is 0. The summed E-state index contributed by atoms with van der Waals surface area (Å²) in [6.45, 7) is 2.43. The summed E-state index contributed by atoms with van der Waals surface area (Å²) in [7, 11) is 0. The van der Waals surface area contributed by atoms with Crippen molar-refractivity contribution in [1.29, 1.82) is 0 Å². The Morgan fingerprint density at radius 1 is 0.541 bits per heavy atom. The Labute approximate surface area is 210 Å². The lowest BCUT2D eigenvalue weighted by Crippen LogP contribution is -2.12. The molecular formula is C26H28F6O5. The molecule has 4 aliphatic heterocycles. The third kappa shape index (κ3) is 8.41. The molecule has 2 aromatic carbocycles. The minimum absolute atomic E-state index is 0. The van der Waals surface area contributed by atoms with Crippen LogP contribution in [0.15, 0.2) is 36.4 Å². The topological polar surface area (TPSA) is 81.6 Å². The quantitative estimate of drug-likeness (QED) is 0.373. The van der Waals surface area contributed by atoms with Gasteiger partial charge in [-0.3, -0.25) is 0 Å². The van der Waals surface area contributed by atoms with Gasteiger partial charge in [0.05, 0.1) is 62.0 Å². The molecule has 4 aliphatic rings. The van der Waals surface area contributed by atoms with Crippen molar-refractivity contribution in [2.24, 2.45) is 0 Å². The van der Waals surface area contributed by atoms with Crippen molar-refractivity contribution in [2.75, 3.05) is 26.4 Å². The molecule has 2 N–H and O–H groups in total. The summed E-state index contributed by atoms with van der Waals surface area (Å²) in [5.41, 5.74) is 0.957. The van der Waals surface area contributed by atoms with E-state index in [0.29, 0.717) is 74.4 Å². The molecule has 0 spiro atoms. The van der Waals surface area contributed by atoms with Crippen LogP contribution < -0.4 is 0 Å². The Morgan fingerprint density at radius 2 is 0.838 bits per heavy atom. The minimum atomic E-state index is -4.30. The van der Waals surface area contributed by atoms with Crippen molar-refractivity contribution in [3.8, 4) is 0 Å². The Balaban J connectivity index is 0.000000168. The highest BCUT2D eigenvalue weighted by molar-refractivity contribution is 5.36. The molecule has 4 saturated heterocycles. The Morgan fingerprint density at radius 3 is 1.11 bits per heavy atom. The van der Waals surface area contributed by atoms with Crippen LogP contribution in [0.25, 0.3) is 0 Å². The fraction of sp³-hybridized carbons (Fsp3) is 0.538. The van der Waals surface area contributed by atoms with Gasteiger partial charge < -0.3 is 24.4 Å². The first-order valence-electron chi connectivity index (χ1n) is 11.9. The van der Waals surface area contributed by atoms with Gasteiger partial charge in [0.1, 0.15) is 0 Å². The molecule has 0 amide bonds. The van der Waals surface area contributed by atoms with Crippen LogP contribution in [0, 0.1) is 0 Å². The number of epoxide rings is 4. The lowest BCUT2D eigenvalue weighted by Gasteiger charge is -2.13. The summed E-state index contributed by atoms with van der Waals surface area (Å²) in [5, 5.41) is 0. The lowest BCUT2D eigenvalue weighted by atomic mass is 9.98. The fourth-order valence-electron chi connectivity index (χ4n) is 4.14. The molecule has 0 aliphatic carbocycles. The van der Waals surface area contributed by atoms with Crippen LogP contribution in [0.3, 0.4) is 0 Å². The van der Waals surface area contributed by atoms with Crippen molar-refractivity contribution >= 4 is 0 Å². The normalized spacial score (nSPS) is 25.5. The van der Waals surface area contributed by atoms with Crippen LogP contribution in [-0.4, -0.2) is 56.3 Å². The zero-order valence-corrected chi connectivity index (χ0v) is 19.8. The number of benzene rings is 2. The number of hydrogen-bond acceptors (Lipinski definition) is 4. The van der Waals surface area contributed by atoms with Crippen LogP contribution in [0.4, 0.5) is 26.3 Å². The molecule has 4 fully saturated rings. The first kappa shape index (κ1) is 27.8. The second-order valence-corrected chi connectivity index (χ2v) is 9.62. The second kappa shape index (κ2) is 10.9. The Hall–Kier alpha value is -2.18. The first-order valence-corrected chi connectivity index (χ1v) is 11.9. The van der Waals surface area contributed by atoms with Gasteiger partial charge in [-0.25, -0.2) is 0 Å². The van der Waals surface area contributed by atoms with Crippen molar-refractivity contribution in [1.82, 2.24) is 0 Å². The van der Waals surface area contributed by atoms with Crippen LogP contribution >= 0.6 is 0 Å². The van der Waals surface area contributed by atoms with Crippen molar-refractivity contribution in [2.45, 2.75) is 62.5 Å². The third-order valence-electron chi connectivity index (χ3n) is 6.39. The van der Waals surface area contributed by atoms with Crippen molar-refractivity contribution in [3.05, 3.63) is 69.8 Å². The molecule has 4 atom stereocenters. The van der Waals surface area contributed by atoms with Gasteiger partial charge in [-0.1, -0.05) is 24.3 Å². The molecule has 6 rings (SSSR count). The molecule has 0 saturated carbocycles. The maximum absolute atomic E-state index is 13.0. The Bertz CT molecular complexity index is 985. The van der Waals surface area contributed by atoms with E-state index in [1.807, 2.05) is 0 Å². The van der Waals surface area contributed by atoms with Gasteiger partial charge in [-0.15, -0.1) is 0 Å². The fourth-order valence-corrected chi connectivity index (χ4v) is 4.14. The van der Waals surface area contributed by atoms with E-state index >= 15 is 0 Å². The predicted molar refractivity (Wildman–Crippen MR) is 120 cm³/mol. The molecule has 2 aromatic rings. The van der Waals surface area contributed by atoms with E-state index in [9.17, 15) is 26.3 Å². The highest BCUT2D eigenvalue weighted by Gasteiger charge is 2.37. The summed E-state index contributed by atoms with van der Waals surface area (Å²) < 4.78 is 98.0. The predicted octanol–water partition coefficient (Wildman–Crippen LogP) is 4.35. The highest BCUT2D eigenvalue weighted by Crippen LogP contribution is 2.36. The summed E-state index contributed by atoms with van der Waals surface area (Å²) in [6.07, 6.45) is -6.67. The van der Waals surface area contributed by atoms with E-state index in [1.165, 1.54) is 12.1 Å². The van der Waals surface area contributed by atoms with E-state index in [2.05, 4.69) is 0 Å². The minimum Gasteiger partial charge on any atom is -0.412 e. The largest absolute Gasteiger partial charge is 0.416 e. The van der Waals surface area contributed by atoms with Gasteiger partial charge in [-0.05, 0) is 34.4 Å². The molecule has 0 aromatic heterocycles. The van der Waals surface area contributed by atoms with Crippen molar-refractivity contribution in [3.63, 3.8) is 0 Å². The highest BCUT2D eigenvalue weighted by atomic mass is 19.4. The standard InChI is InChI=1S/2C13H13F3O2.H2O/c2*14-13(15,16)12-4-8(3-10-6-17-10)1-2-9(12)5-11-7-18-11;/h2*1-2,4,10-11H,3,5-7H2;1H2. The van der Waals surface area contributed by atoms with E-state index in [0.717, 1.165) is 0 Å². The van der Waals surface area contributed by atoms with Gasteiger partial charge in [0, 0.05) is 25.7 Å². The van der Waals surface area contributed by atoms with Crippen LogP contribution in [-0.2, 0) is 57.0 Å². The third-order valence-corrected chi connectivity index (χ3v) is 6.39. The molecule has 0 radical (unpaired) electrons. The van der Waals surface area contributed by atoms with Gasteiger partial charge in [0.2, 0.25) is 0 Å². The Kier molecular flexibility index (Phi) is 8.20. The van der Waals surface area contributed by atoms with Crippen LogP contribution in [0.2, 0.25) is 0 Å². The SMILES string of the molecule is FC(F)(F)c1cc(CC2CO2)ccc1CC1CO1.FC(F)(F)c1cc(CC2CO2)ccc1CC1CO1.O. The molecule has 11 heteroatoms. The van der Waals surface area contributed by atoms with Gasteiger partial charge in [0.15, 0.2) is 0 Å². The van der Waals surface area contributed by atoms with Crippen LogP contribution in [0.5, 0.6) is 0 Å². The average Bonchev–Trinajstić information content (AvgIpc) is 3.62. The monoisotopic (exact) mass is 534 g/mol. The van der Waals surface area contributed by atoms with E-state index < -0.39 is 23.5 Å². The molecule has 37 heavy (non-hydrogen) atoms. The lowest BCUT2D eigenvalue weighted by molar-refractivity contribution is -0.139. The summed E-state index contributed by atoms with van der Waals surface area (Å²) in [4.78, 5) is 0. The number of ether oxygens (including phenoxy) is 4. The van der Waals surface area contributed by atoms with Gasteiger partial charge >= 0.3 is 12.4 Å². The smallest absolute Gasteiger partial charge is 0.412 e. The zero-order valence-electron chi connectivity index (χ0n) is 19.8. The molecule has 0 bridgehead atoms. The molecule has 5 nitrogen and oxygen atoms in total. The molecule has 4 heterocycles. The number of rotatable bonds is 8. The van der Waals surface area contributed by atoms with E-state index in [-0.39, 0.29) is 29.9 Å². The number of alkyl halides is 6. The zero-order chi connectivity index (χ0) is 25.5. The summed E-state index contributed by atoms with van der Waals surface area (Å²) in [6, 6.07) is 9.16. The van der Waals surface area contributed by atoms with Gasteiger partial charge in [-0.2, -0.15) is 26.3 Å². The van der Waals surface area contributed by atoms with E-state index in [4.69, 9.17) is 18.9 Å². The average molecular weight is 534 g/mol. The van der Waals surface area contributed by atoms with E-state index in [1.54, 1.807) is 24.3 Å². The van der Waals surface area contributed by atoms with Gasteiger partial charge in [0.25, 0.3) is 0 Å². The maximum atomic E-state index is 13.0. The molecule has 4 unspecified atom stereocenters. The maximum Gasteiger partial charge on any atom is 0.416 e.